The normalized spacial score (nSPS) is 23.8. The fourth-order valence-electron chi connectivity index (χ4n) is 2.74. The van der Waals surface area contributed by atoms with Gasteiger partial charge in [0.15, 0.2) is 0 Å². The number of rotatable bonds is 3. The van der Waals surface area contributed by atoms with E-state index in [9.17, 15) is 4.79 Å². The first kappa shape index (κ1) is 16.7. The Hall–Kier alpha value is -0.360. The van der Waals surface area contributed by atoms with Gasteiger partial charge in [-0.3, -0.25) is 9.69 Å². The largest absolute Gasteiger partial charge is 0.378 e. The zero-order valence-corrected chi connectivity index (χ0v) is 12.5. The summed E-state index contributed by atoms with van der Waals surface area (Å²) >= 11 is 0. The van der Waals surface area contributed by atoms with Crippen molar-refractivity contribution in [3.63, 3.8) is 0 Å². The molecule has 1 unspecified atom stereocenters. The van der Waals surface area contributed by atoms with Crippen molar-refractivity contribution in [2.75, 3.05) is 45.9 Å². The lowest BCUT2D eigenvalue weighted by atomic mass is 9.91. The zero-order chi connectivity index (χ0) is 13.0. The molecule has 0 aromatic heterocycles. The van der Waals surface area contributed by atoms with E-state index >= 15 is 0 Å². The van der Waals surface area contributed by atoms with E-state index in [2.05, 4.69) is 11.8 Å². The van der Waals surface area contributed by atoms with E-state index < -0.39 is 0 Å². The minimum Gasteiger partial charge on any atom is -0.378 e. The first-order valence-corrected chi connectivity index (χ1v) is 7.00. The van der Waals surface area contributed by atoms with Gasteiger partial charge in [-0.05, 0) is 38.8 Å². The lowest BCUT2D eigenvalue weighted by molar-refractivity contribution is -0.136. The van der Waals surface area contributed by atoms with Crippen molar-refractivity contribution in [3.8, 4) is 0 Å². The second-order valence-corrected chi connectivity index (χ2v) is 5.47. The molecule has 112 valence electrons. The highest BCUT2D eigenvalue weighted by Gasteiger charge is 2.25. The second-order valence-electron chi connectivity index (χ2n) is 5.47. The molecule has 19 heavy (non-hydrogen) atoms. The van der Waals surface area contributed by atoms with E-state index in [-0.39, 0.29) is 24.4 Å². The molecule has 0 aliphatic carbocycles. The standard InChI is InChI=1S/C13H25N3O2.ClH/c1-11(14)12-2-4-15(5-3-12)10-13(17)16-6-8-18-9-7-16;/h11-12H,2-10,14H2,1H3;1H. The Labute approximate surface area is 121 Å². The molecule has 1 atom stereocenters. The minimum absolute atomic E-state index is 0. The number of ether oxygens (including phenoxy) is 1. The first-order valence-electron chi connectivity index (χ1n) is 7.00. The number of halogens is 1. The number of morpholine rings is 1. The van der Waals surface area contributed by atoms with Gasteiger partial charge in [-0.1, -0.05) is 0 Å². The van der Waals surface area contributed by atoms with Crippen molar-refractivity contribution >= 4 is 18.3 Å². The summed E-state index contributed by atoms with van der Waals surface area (Å²) in [5.41, 5.74) is 5.92. The monoisotopic (exact) mass is 291 g/mol. The number of carbonyl (C=O) groups excluding carboxylic acids is 1. The van der Waals surface area contributed by atoms with Crippen LogP contribution in [0.2, 0.25) is 0 Å². The van der Waals surface area contributed by atoms with Gasteiger partial charge in [0.25, 0.3) is 0 Å². The van der Waals surface area contributed by atoms with Gasteiger partial charge in [0.05, 0.1) is 19.8 Å². The highest BCUT2D eigenvalue weighted by Crippen LogP contribution is 2.19. The summed E-state index contributed by atoms with van der Waals surface area (Å²) in [6.45, 7) is 7.50. The van der Waals surface area contributed by atoms with E-state index in [1.54, 1.807) is 0 Å². The Bertz CT molecular complexity index is 275. The number of nitrogens with two attached hydrogens (primary N) is 1. The summed E-state index contributed by atoms with van der Waals surface area (Å²) in [4.78, 5) is 16.3. The summed E-state index contributed by atoms with van der Waals surface area (Å²) in [6, 6.07) is 0.280. The van der Waals surface area contributed by atoms with Gasteiger partial charge in [0.2, 0.25) is 5.91 Å². The van der Waals surface area contributed by atoms with Crippen molar-refractivity contribution in [2.24, 2.45) is 11.7 Å². The number of hydrogen-bond acceptors (Lipinski definition) is 4. The van der Waals surface area contributed by atoms with Crippen LogP contribution in [0.3, 0.4) is 0 Å². The predicted octanol–water partition coefficient (Wildman–Crippen LogP) is 0.326. The van der Waals surface area contributed by atoms with Gasteiger partial charge in [0, 0.05) is 19.1 Å². The van der Waals surface area contributed by atoms with E-state index in [1.165, 1.54) is 0 Å². The number of hydrogen-bond donors (Lipinski definition) is 1. The highest BCUT2D eigenvalue weighted by atomic mass is 35.5. The van der Waals surface area contributed by atoms with Crippen LogP contribution in [-0.2, 0) is 9.53 Å². The summed E-state index contributed by atoms with van der Waals surface area (Å²) in [5, 5.41) is 0. The van der Waals surface area contributed by atoms with Crippen LogP contribution >= 0.6 is 12.4 Å². The summed E-state index contributed by atoms with van der Waals surface area (Å²) in [7, 11) is 0. The third-order valence-electron chi connectivity index (χ3n) is 4.10. The quantitative estimate of drug-likeness (QED) is 0.814. The van der Waals surface area contributed by atoms with Crippen LogP contribution in [0, 0.1) is 5.92 Å². The molecule has 2 rings (SSSR count). The third kappa shape index (κ3) is 4.91. The molecule has 0 saturated carbocycles. The molecular weight excluding hydrogens is 266 g/mol. The Morgan fingerprint density at radius 3 is 2.37 bits per heavy atom. The van der Waals surface area contributed by atoms with Crippen LogP contribution in [0.4, 0.5) is 0 Å². The maximum Gasteiger partial charge on any atom is 0.236 e. The van der Waals surface area contributed by atoms with Gasteiger partial charge in [-0.25, -0.2) is 0 Å². The van der Waals surface area contributed by atoms with Crippen LogP contribution in [0.5, 0.6) is 0 Å². The zero-order valence-electron chi connectivity index (χ0n) is 11.7. The predicted molar refractivity (Wildman–Crippen MR) is 77.5 cm³/mol. The molecule has 0 aromatic carbocycles. The number of nitrogens with zero attached hydrogens (tertiary/aromatic N) is 2. The fourth-order valence-corrected chi connectivity index (χ4v) is 2.74. The van der Waals surface area contributed by atoms with Crippen molar-refractivity contribution in [1.29, 1.82) is 0 Å². The number of likely N-dealkylation sites (tertiary alicyclic amines) is 1. The number of carbonyl (C=O) groups is 1. The maximum atomic E-state index is 12.1. The van der Waals surface area contributed by atoms with E-state index in [4.69, 9.17) is 10.5 Å². The summed E-state index contributed by atoms with van der Waals surface area (Å²) in [6.07, 6.45) is 2.24. The van der Waals surface area contributed by atoms with Crippen molar-refractivity contribution in [2.45, 2.75) is 25.8 Å². The Morgan fingerprint density at radius 2 is 1.84 bits per heavy atom. The van der Waals surface area contributed by atoms with E-state index in [0.717, 1.165) is 39.0 Å². The fraction of sp³-hybridized carbons (Fsp3) is 0.923. The molecule has 2 N–H and O–H groups in total. The molecule has 1 amide bonds. The lowest BCUT2D eigenvalue weighted by Gasteiger charge is -2.35. The Morgan fingerprint density at radius 1 is 1.26 bits per heavy atom. The molecule has 2 aliphatic heterocycles. The number of amides is 1. The molecular formula is C13H26ClN3O2. The highest BCUT2D eigenvalue weighted by molar-refractivity contribution is 5.85. The Kier molecular flexibility index (Phi) is 7.07. The molecule has 2 fully saturated rings. The van der Waals surface area contributed by atoms with Crippen LogP contribution in [0.15, 0.2) is 0 Å². The molecule has 2 heterocycles. The molecule has 6 heteroatoms. The van der Waals surface area contributed by atoms with Gasteiger partial charge in [0.1, 0.15) is 0 Å². The van der Waals surface area contributed by atoms with E-state index in [0.29, 0.717) is 25.7 Å². The topological polar surface area (TPSA) is 58.8 Å². The summed E-state index contributed by atoms with van der Waals surface area (Å²) in [5.74, 6) is 0.872. The van der Waals surface area contributed by atoms with Gasteiger partial charge in [-0.15, -0.1) is 12.4 Å². The molecule has 0 spiro atoms. The van der Waals surface area contributed by atoms with Crippen LogP contribution in [0.1, 0.15) is 19.8 Å². The maximum absolute atomic E-state index is 12.1. The summed E-state index contributed by atoms with van der Waals surface area (Å²) < 4.78 is 5.26. The van der Waals surface area contributed by atoms with E-state index in [1.807, 2.05) is 4.90 Å². The SMILES string of the molecule is CC(N)C1CCN(CC(=O)N2CCOCC2)CC1.Cl. The lowest BCUT2D eigenvalue weighted by Crippen LogP contribution is -2.48. The Balaban J connectivity index is 0.00000180. The smallest absolute Gasteiger partial charge is 0.236 e. The third-order valence-corrected chi connectivity index (χ3v) is 4.10. The van der Waals surface area contributed by atoms with Crippen molar-refractivity contribution in [3.05, 3.63) is 0 Å². The molecule has 0 bridgehead atoms. The second kappa shape index (κ2) is 8.04. The molecule has 2 saturated heterocycles. The van der Waals surface area contributed by atoms with Gasteiger partial charge >= 0.3 is 0 Å². The first-order chi connectivity index (χ1) is 8.66. The van der Waals surface area contributed by atoms with Crippen LogP contribution < -0.4 is 5.73 Å². The average molecular weight is 292 g/mol. The average Bonchev–Trinajstić information content (AvgIpc) is 2.40. The molecule has 5 nitrogen and oxygen atoms in total. The van der Waals surface area contributed by atoms with Gasteiger partial charge in [-0.2, -0.15) is 0 Å². The van der Waals surface area contributed by atoms with Crippen LogP contribution in [-0.4, -0.2) is 67.7 Å². The van der Waals surface area contributed by atoms with Crippen molar-refractivity contribution < 1.29 is 9.53 Å². The van der Waals surface area contributed by atoms with Crippen LogP contribution in [0.25, 0.3) is 0 Å². The van der Waals surface area contributed by atoms with Crippen molar-refractivity contribution in [1.82, 2.24) is 9.80 Å². The molecule has 0 radical (unpaired) electrons. The van der Waals surface area contributed by atoms with Gasteiger partial charge < -0.3 is 15.4 Å². The minimum atomic E-state index is 0. The molecule has 2 aliphatic rings. The number of piperidine rings is 1. The molecule has 0 aromatic rings.